The summed E-state index contributed by atoms with van der Waals surface area (Å²) < 4.78 is 41.2. The van der Waals surface area contributed by atoms with Gasteiger partial charge in [-0.1, -0.05) is 11.6 Å². The lowest BCUT2D eigenvalue weighted by atomic mass is 10.2. The molecule has 2 rings (SSSR count). The van der Waals surface area contributed by atoms with Gasteiger partial charge in [0.05, 0.1) is 6.04 Å². The molecule has 5 nitrogen and oxygen atoms in total. The summed E-state index contributed by atoms with van der Waals surface area (Å²) in [6.07, 6.45) is 1.57. The van der Waals surface area contributed by atoms with Gasteiger partial charge in [-0.3, -0.25) is 0 Å². The summed E-state index contributed by atoms with van der Waals surface area (Å²) in [5.74, 6) is -0.888. The molecular weight excluding hydrogens is 337 g/mol. The van der Waals surface area contributed by atoms with E-state index in [0.29, 0.717) is 5.01 Å². The Hall–Kier alpha value is -1.06. The smallest absolute Gasteiger partial charge is 0.244 e. The van der Waals surface area contributed by atoms with Crippen LogP contribution in [-0.2, 0) is 16.6 Å². The molecule has 1 atom stereocenters. The molecule has 0 fully saturated rings. The van der Waals surface area contributed by atoms with Crippen molar-refractivity contribution in [3.63, 3.8) is 0 Å². The van der Waals surface area contributed by atoms with E-state index in [0.717, 1.165) is 6.07 Å². The maximum atomic E-state index is 14.2. The van der Waals surface area contributed by atoms with Gasteiger partial charge in [0, 0.05) is 28.7 Å². The molecule has 1 aromatic carbocycles. The molecule has 0 aliphatic rings. The number of aromatic nitrogens is 1. The summed E-state index contributed by atoms with van der Waals surface area (Å²) >= 11 is 7.12. The molecule has 0 spiro atoms. The molecule has 3 N–H and O–H groups in total. The normalized spacial score (nSPS) is 13.3. The Kier molecular flexibility index (Phi) is 4.95. The van der Waals surface area contributed by atoms with Crippen LogP contribution >= 0.6 is 22.9 Å². The first kappa shape index (κ1) is 16.3. The number of hydrogen-bond donors (Lipinski definition) is 2. The molecule has 1 unspecified atom stereocenters. The third-order valence-corrected chi connectivity index (χ3v) is 5.46. The summed E-state index contributed by atoms with van der Waals surface area (Å²) in [5, 5.41) is 2.42. The molecule has 114 valence electrons. The van der Waals surface area contributed by atoms with E-state index in [2.05, 4.69) is 9.71 Å². The molecule has 0 saturated carbocycles. The lowest BCUT2D eigenvalue weighted by molar-refractivity contribution is 0.541. The highest BCUT2D eigenvalue weighted by Gasteiger charge is 2.25. The molecule has 1 heterocycles. The third-order valence-electron chi connectivity index (χ3n) is 2.74. The Morgan fingerprint density at radius 2 is 2.24 bits per heavy atom. The summed E-state index contributed by atoms with van der Waals surface area (Å²) in [6, 6.07) is 1.79. The van der Waals surface area contributed by atoms with Crippen LogP contribution in [-0.4, -0.2) is 13.4 Å². The van der Waals surface area contributed by atoms with Crippen molar-refractivity contribution in [1.82, 2.24) is 9.71 Å². The number of nitrogens with zero attached hydrogens (tertiary/aromatic N) is 1. The van der Waals surface area contributed by atoms with Gasteiger partial charge in [-0.25, -0.2) is 22.5 Å². The Bertz CT molecular complexity index is 735. The second-order valence-electron chi connectivity index (χ2n) is 4.29. The number of nitrogens with two attached hydrogens (primary N) is 1. The number of sulfonamides is 1. The van der Waals surface area contributed by atoms with Crippen molar-refractivity contribution in [2.75, 3.05) is 0 Å². The number of rotatable bonds is 5. The zero-order valence-electron chi connectivity index (χ0n) is 11.0. The third kappa shape index (κ3) is 3.58. The van der Waals surface area contributed by atoms with Crippen molar-refractivity contribution >= 4 is 33.0 Å². The van der Waals surface area contributed by atoms with E-state index in [1.165, 1.54) is 17.4 Å². The number of thiazole rings is 1. The van der Waals surface area contributed by atoms with E-state index in [-0.39, 0.29) is 17.1 Å². The van der Waals surface area contributed by atoms with Crippen molar-refractivity contribution in [3.05, 3.63) is 45.1 Å². The van der Waals surface area contributed by atoms with Crippen LogP contribution < -0.4 is 10.5 Å². The minimum Gasteiger partial charge on any atom is -0.326 e. The lowest BCUT2D eigenvalue weighted by Gasteiger charge is -2.14. The molecule has 2 aromatic rings. The van der Waals surface area contributed by atoms with Crippen LogP contribution in [0.15, 0.2) is 28.6 Å². The lowest BCUT2D eigenvalue weighted by Crippen LogP contribution is -2.28. The van der Waals surface area contributed by atoms with Crippen LogP contribution in [0.1, 0.15) is 23.5 Å². The van der Waals surface area contributed by atoms with Crippen molar-refractivity contribution in [1.29, 1.82) is 0 Å². The topological polar surface area (TPSA) is 85.1 Å². The van der Waals surface area contributed by atoms with Gasteiger partial charge in [0.15, 0.2) is 0 Å². The highest BCUT2D eigenvalue weighted by Crippen LogP contribution is 2.25. The Balaban J connectivity index is 2.38. The molecule has 0 saturated heterocycles. The van der Waals surface area contributed by atoms with Crippen molar-refractivity contribution < 1.29 is 12.8 Å². The van der Waals surface area contributed by atoms with E-state index in [1.54, 1.807) is 18.5 Å². The van der Waals surface area contributed by atoms with Gasteiger partial charge in [-0.05, 0) is 19.1 Å². The number of halogens is 2. The maximum absolute atomic E-state index is 14.2. The van der Waals surface area contributed by atoms with Gasteiger partial charge in [0.25, 0.3) is 0 Å². The molecule has 0 aliphatic carbocycles. The zero-order chi connectivity index (χ0) is 15.6. The van der Waals surface area contributed by atoms with E-state index in [1.807, 2.05) is 0 Å². The first-order chi connectivity index (χ1) is 9.85. The molecule has 0 amide bonds. The van der Waals surface area contributed by atoms with Gasteiger partial charge in [-0.2, -0.15) is 0 Å². The van der Waals surface area contributed by atoms with Crippen molar-refractivity contribution in [3.8, 4) is 0 Å². The molecule has 1 aromatic heterocycles. The van der Waals surface area contributed by atoms with Crippen molar-refractivity contribution in [2.45, 2.75) is 24.4 Å². The molecule has 21 heavy (non-hydrogen) atoms. The highest BCUT2D eigenvalue weighted by molar-refractivity contribution is 7.89. The number of hydrogen-bond acceptors (Lipinski definition) is 5. The van der Waals surface area contributed by atoms with Crippen LogP contribution in [0.5, 0.6) is 0 Å². The van der Waals surface area contributed by atoms with Crippen LogP contribution in [0.25, 0.3) is 0 Å². The highest BCUT2D eigenvalue weighted by atomic mass is 35.5. The van der Waals surface area contributed by atoms with Crippen LogP contribution in [0, 0.1) is 5.82 Å². The Morgan fingerprint density at radius 1 is 1.52 bits per heavy atom. The van der Waals surface area contributed by atoms with E-state index < -0.39 is 26.8 Å². The summed E-state index contributed by atoms with van der Waals surface area (Å²) in [7, 11) is -4.07. The SMILES string of the molecule is CC(NS(=O)(=O)c1cc(Cl)cc(CN)c1F)c1nccs1. The maximum Gasteiger partial charge on any atom is 0.244 e. The molecule has 0 bridgehead atoms. The van der Waals surface area contributed by atoms with Gasteiger partial charge in [0.1, 0.15) is 15.7 Å². The van der Waals surface area contributed by atoms with E-state index in [9.17, 15) is 12.8 Å². The van der Waals surface area contributed by atoms with Crippen LogP contribution in [0.4, 0.5) is 4.39 Å². The zero-order valence-corrected chi connectivity index (χ0v) is 13.4. The fourth-order valence-electron chi connectivity index (χ4n) is 1.76. The molecule has 9 heteroatoms. The van der Waals surface area contributed by atoms with E-state index in [4.69, 9.17) is 17.3 Å². The quantitative estimate of drug-likeness (QED) is 0.868. The fourth-order valence-corrected chi connectivity index (χ4v) is 4.14. The standard InChI is InChI=1S/C12H13ClFN3O2S2/c1-7(12-16-2-3-20-12)17-21(18,19)10-5-9(13)4-8(6-15)11(10)14/h2-5,7,17H,6,15H2,1H3. The minimum absolute atomic E-state index is 0.0461. The second kappa shape index (κ2) is 6.37. The summed E-state index contributed by atoms with van der Waals surface area (Å²) in [6.45, 7) is 1.49. The summed E-state index contributed by atoms with van der Waals surface area (Å²) in [4.78, 5) is 3.50. The molecule has 0 aliphatic heterocycles. The Morgan fingerprint density at radius 3 is 2.81 bits per heavy atom. The van der Waals surface area contributed by atoms with Crippen LogP contribution in [0.2, 0.25) is 5.02 Å². The predicted octanol–water partition coefficient (Wildman–Crippen LogP) is 2.43. The van der Waals surface area contributed by atoms with Crippen LogP contribution in [0.3, 0.4) is 0 Å². The van der Waals surface area contributed by atoms with Gasteiger partial charge in [-0.15, -0.1) is 11.3 Å². The first-order valence-corrected chi connectivity index (χ1v) is 8.69. The predicted molar refractivity (Wildman–Crippen MR) is 80.2 cm³/mol. The average Bonchev–Trinajstić information content (AvgIpc) is 2.94. The van der Waals surface area contributed by atoms with Gasteiger partial charge in [0.2, 0.25) is 10.0 Å². The number of nitrogens with one attached hydrogen (secondary N) is 1. The van der Waals surface area contributed by atoms with Crippen molar-refractivity contribution in [2.24, 2.45) is 5.73 Å². The fraction of sp³-hybridized carbons (Fsp3) is 0.250. The Labute approximate surface area is 131 Å². The first-order valence-electron chi connectivity index (χ1n) is 5.95. The number of benzene rings is 1. The molecule has 0 radical (unpaired) electrons. The van der Waals surface area contributed by atoms with Gasteiger partial charge < -0.3 is 5.73 Å². The summed E-state index contributed by atoms with van der Waals surface area (Å²) in [5.41, 5.74) is 5.43. The van der Waals surface area contributed by atoms with Gasteiger partial charge >= 0.3 is 0 Å². The average molecular weight is 350 g/mol. The monoisotopic (exact) mass is 349 g/mol. The van der Waals surface area contributed by atoms with E-state index >= 15 is 0 Å². The largest absolute Gasteiger partial charge is 0.326 e. The minimum atomic E-state index is -4.07. The molecular formula is C12H13ClFN3O2S2. The second-order valence-corrected chi connectivity index (χ2v) is 7.34.